The normalized spacial score (nSPS) is 19.4. The van der Waals surface area contributed by atoms with Crippen LogP contribution in [0.3, 0.4) is 0 Å². The van der Waals surface area contributed by atoms with Gasteiger partial charge in [0.05, 0.1) is 18.9 Å². The molecular formula is C17H26N8. The first-order valence-corrected chi connectivity index (χ1v) is 9.28. The molecule has 0 aromatic carbocycles. The number of piperazine rings is 1. The Morgan fingerprint density at radius 1 is 0.760 bits per heavy atom. The molecule has 0 aliphatic carbocycles. The van der Waals surface area contributed by atoms with E-state index in [4.69, 9.17) is 4.98 Å². The van der Waals surface area contributed by atoms with Crippen LogP contribution in [0.15, 0.2) is 24.7 Å². The van der Waals surface area contributed by atoms with Crippen molar-refractivity contribution < 1.29 is 0 Å². The summed E-state index contributed by atoms with van der Waals surface area (Å²) in [5.74, 6) is 1.95. The number of piperidine rings is 1. The van der Waals surface area contributed by atoms with Crippen LogP contribution >= 0.6 is 0 Å². The van der Waals surface area contributed by atoms with Gasteiger partial charge in [-0.1, -0.05) is 0 Å². The lowest BCUT2D eigenvalue weighted by molar-refractivity contribution is 0.238. The van der Waals surface area contributed by atoms with E-state index in [2.05, 4.69) is 29.9 Å². The molecule has 0 atom stereocenters. The maximum atomic E-state index is 4.83. The Balaban J connectivity index is 1.31. The second-order valence-corrected chi connectivity index (χ2v) is 6.72. The van der Waals surface area contributed by atoms with Gasteiger partial charge in [0.25, 0.3) is 0 Å². The van der Waals surface area contributed by atoms with Crippen LogP contribution in [0.1, 0.15) is 19.3 Å². The van der Waals surface area contributed by atoms with E-state index in [1.54, 1.807) is 17.2 Å². The smallest absolute Gasteiger partial charge is 0.227 e. The van der Waals surface area contributed by atoms with Gasteiger partial charge in [-0.3, -0.25) is 4.90 Å². The number of rotatable bonds is 5. The van der Waals surface area contributed by atoms with Crippen LogP contribution in [-0.2, 0) is 6.54 Å². The first-order valence-electron chi connectivity index (χ1n) is 9.28. The molecule has 0 saturated carbocycles. The van der Waals surface area contributed by atoms with Crippen LogP contribution in [0, 0.1) is 0 Å². The highest BCUT2D eigenvalue weighted by atomic mass is 15.5. The van der Waals surface area contributed by atoms with Gasteiger partial charge in [-0.25, -0.2) is 4.98 Å². The van der Waals surface area contributed by atoms with Crippen molar-refractivity contribution in [1.29, 1.82) is 0 Å². The third kappa shape index (κ3) is 4.07. The highest BCUT2D eigenvalue weighted by molar-refractivity contribution is 5.44. The van der Waals surface area contributed by atoms with E-state index < -0.39 is 0 Å². The fourth-order valence-electron chi connectivity index (χ4n) is 3.55. The predicted molar refractivity (Wildman–Crippen MR) is 96.8 cm³/mol. The molecule has 8 nitrogen and oxygen atoms in total. The fourth-order valence-corrected chi connectivity index (χ4v) is 3.55. The summed E-state index contributed by atoms with van der Waals surface area (Å²) in [6, 6.07) is 2.04. The lowest BCUT2D eigenvalue weighted by Gasteiger charge is -2.35. The van der Waals surface area contributed by atoms with Crippen molar-refractivity contribution in [2.24, 2.45) is 0 Å². The number of anilines is 2. The second-order valence-electron chi connectivity index (χ2n) is 6.72. The first-order chi connectivity index (χ1) is 12.4. The summed E-state index contributed by atoms with van der Waals surface area (Å²) in [4.78, 5) is 18.2. The number of aromatic nitrogens is 5. The Bertz CT molecular complexity index is 644. The summed E-state index contributed by atoms with van der Waals surface area (Å²) in [5.41, 5.74) is 0. The number of hydrogen-bond donors (Lipinski definition) is 0. The maximum absolute atomic E-state index is 4.83. The molecule has 8 heteroatoms. The molecule has 0 bridgehead atoms. The third-order valence-corrected chi connectivity index (χ3v) is 5.05. The summed E-state index contributed by atoms with van der Waals surface area (Å²) >= 11 is 0. The Hall–Kier alpha value is -2.22. The number of hydrogen-bond acceptors (Lipinski definition) is 7. The van der Waals surface area contributed by atoms with E-state index in [0.29, 0.717) is 0 Å². The molecule has 2 aromatic heterocycles. The molecule has 4 rings (SSSR count). The van der Waals surface area contributed by atoms with Gasteiger partial charge in [0, 0.05) is 52.0 Å². The van der Waals surface area contributed by atoms with Crippen LogP contribution in [0.4, 0.5) is 11.8 Å². The van der Waals surface area contributed by atoms with Crippen molar-refractivity contribution in [2.75, 3.05) is 55.6 Å². The van der Waals surface area contributed by atoms with Crippen LogP contribution in [0.2, 0.25) is 0 Å². The molecule has 4 heterocycles. The van der Waals surface area contributed by atoms with Crippen molar-refractivity contribution >= 4 is 11.8 Å². The monoisotopic (exact) mass is 342 g/mol. The molecule has 0 radical (unpaired) electrons. The molecule has 2 saturated heterocycles. The molecular weight excluding hydrogens is 316 g/mol. The van der Waals surface area contributed by atoms with E-state index in [-0.39, 0.29) is 0 Å². The van der Waals surface area contributed by atoms with Gasteiger partial charge in [0.2, 0.25) is 5.95 Å². The minimum Gasteiger partial charge on any atom is -0.356 e. The zero-order valence-corrected chi connectivity index (χ0v) is 14.7. The van der Waals surface area contributed by atoms with Crippen molar-refractivity contribution in [3.63, 3.8) is 0 Å². The van der Waals surface area contributed by atoms with Crippen LogP contribution in [0.25, 0.3) is 0 Å². The average Bonchev–Trinajstić information content (AvgIpc) is 3.21. The van der Waals surface area contributed by atoms with E-state index in [0.717, 1.165) is 64.1 Å². The van der Waals surface area contributed by atoms with Crippen molar-refractivity contribution in [2.45, 2.75) is 25.8 Å². The lowest BCUT2D eigenvalue weighted by Crippen LogP contribution is -2.48. The largest absolute Gasteiger partial charge is 0.356 e. The minimum atomic E-state index is 0.841. The number of nitrogens with zero attached hydrogens (tertiary/aromatic N) is 8. The second kappa shape index (κ2) is 7.77. The van der Waals surface area contributed by atoms with E-state index in [9.17, 15) is 0 Å². The molecule has 0 spiro atoms. The molecule has 0 unspecified atom stereocenters. The lowest BCUT2D eigenvalue weighted by atomic mass is 10.1. The summed E-state index contributed by atoms with van der Waals surface area (Å²) < 4.78 is 0. The Kier molecular flexibility index (Phi) is 5.06. The summed E-state index contributed by atoms with van der Waals surface area (Å²) in [5, 5.41) is 8.32. The molecule has 134 valence electrons. The molecule has 2 aliphatic heterocycles. The quantitative estimate of drug-likeness (QED) is 0.799. The van der Waals surface area contributed by atoms with Gasteiger partial charge in [0.1, 0.15) is 5.82 Å². The Morgan fingerprint density at radius 3 is 2.28 bits per heavy atom. The highest BCUT2D eigenvalue weighted by Gasteiger charge is 2.20. The van der Waals surface area contributed by atoms with Crippen molar-refractivity contribution in [3.8, 4) is 0 Å². The molecule has 0 N–H and O–H groups in total. The van der Waals surface area contributed by atoms with Gasteiger partial charge >= 0.3 is 0 Å². The fraction of sp³-hybridized carbons (Fsp3) is 0.647. The topological polar surface area (TPSA) is 66.2 Å². The van der Waals surface area contributed by atoms with E-state index >= 15 is 0 Å². The molecule has 0 amide bonds. The van der Waals surface area contributed by atoms with Crippen molar-refractivity contribution in [3.05, 3.63) is 24.7 Å². The van der Waals surface area contributed by atoms with Gasteiger partial charge < -0.3 is 9.80 Å². The molecule has 2 aromatic rings. The van der Waals surface area contributed by atoms with Crippen LogP contribution in [-0.4, -0.2) is 75.7 Å². The maximum Gasteiger partial charge on any atom is 0.227 e. The highest BCUT2D eigenvalue weighted by Crippen LogP contribution is 2.20. The van der Waals surface area contributed by atoms with E-state index in [1.165, 1.54) is 19.3 Å². The van der Waals surface area contributed by atoms with Gasteiger partial charge in [-0.15, -0.1) is 0 Å². The van der Waals surface area contributed by atoms with Crippen LogP contribution < -0.4 is 9.80 Å². The third-order valence-electron chi connectivity index (χ3n) is 5.05. The van der Waals surface area contributed by atoms with Gasteiger partial charge in [-0.2, -0.15) is 20.0 Å². The SMILES string of the molecule is c1cc(N2CCCCC2)nc(N2CCN(CCn3nccn3)CC2)n1. The van der Waals surface area contributed by atoms with Gasteiger partial charge in [0.15, 0.2) is 0 Å². The zero-order chi connectivity index (χ0) is 16.9. The first kappa shape index (κ1) is 16.3. The Labute approximate surface area is 148 Å². The standard InChI is InChI=1S/C17H26N8/c1-2-8-23(9-3-1)16-4-5-18-17(21-16)24-13-10-22(11-14-24)12-15-25-19-6-7-20-25/h4-7H,1-3,8-15H2. The summed E-state index contributed by atoms with van der Waals surface area (Å²) in [6.45, 7) is 8.05. The average molecular weight is 342 g/mol. The minimum absolute atomic E-state index is 0.841. The molecule has 2 aliphatic rings. The van der Waals surface area contributed by atoms with Crippen LogP contribution in [0.5, 0.6) is 0 Å². The predicted octanol–water partition coefficient (Wildman–Crippen LogP) is 0.881. The molecule has 25 heavy (non-hydrogen) atoms. The van der Waals surface area contributed by atoms with E-state index in [1.807, 2.05) is 12.3 Å². The van der Waals surface area contributed by atoms with Crippen molar-refractivity contribution in [1.82, 2.24) is 29.9 Å². The molecule has 2 fully saturated rings. The zero-order valence-electron chi connectivity index (χ0n) is 14.7. The summed E-state index contributed by atoms with van der Waals surface area (Å²) in [7, 11) is 0. The Morgan fingerprint density at radius 2 is 1.52 bits per heavy atom. The van der Waals surface area contributed by atoms with Gasteiger partial charge in [-0.05, 0) is 25.3 Å². The summed E-state index contributed by atoms with van der Waals surface area (Å²) in [6.07, 6.45) is 9.23.